The number of aliphatic hydroxyl groups excluding tert-OH is 1. The average Bonchev–Trinajstić information content (AvgIpc) is 2.28. The quantitative estimate of drug-likeness (QED) is 0.733. The third-order valence-electron chi connectivity index (χ3n) is 1.72. The van der Waals surface area contributed by atoms with E-state index >= 15 is 0 Å². The van der Waals surface area contributed by atoms with Gasteiger partial charge in [0.05, 0.1) is 0 Å². The van der Waals surface area contributed by atoms with Gasteiger partial charge < -0.3 is 10.2 Å². The molecule has 0 atom stereocenters. The van der Waals surface area contributed by atoms with Crippen molar-refractivity contribution in [2.75, 3.05) is 6.61 Å². The first-order valence-electron chi connectivity index (χ1n) is 5.10. The summed E-state index contributed by atoms with van der Waals surface area (Å²) >= 11 is 0. The van der Waals surface area contributed by atoms with Crippen molar-refractivity contribution in [2.45, 2.75) is 25.7 Å². The highest BCUT2D eigenvalue weighted by molar-refractivity contribution is 5.66. The van der Waals surface area contributed by atoms with Crippen LogP contribution in [0, 0.1) is 0 Å². The molecule has 0 aliphatic heterocycles. The predicted molar refractivity (Wildman–Crippen MR) is 59.6 cm³/mol. The fourth-order valence-corrected chi connectivity index (χ4v) is 0.950. The second-order valence-electron chi connectivity index (χ2n) is 3.08. The summed E-state index contributed by atoms with van der Waals surface area (Å²) in [6, 6.07) is 12.0. The normalized spacial score (nSPS) is 8.87. The Morgan fingerprint density at radius 1 is 0.867 bits per heavy atom. The van der Waals surface area contributed by atoms with Crippen molar-refractivity contribution in [3.05, 3.63) is 36.4 Å². The monoisotopic (exact) mass is 210 g/mol. The number of hydrogen-bond donors (Lipinski definition) is 2. The standard InChI is InChI=1S/C6H12O3.C6H6/c7-5-3-1-2-4-6(8)9;1-2-4-6-5-3-1/h7H,1-5H2,(H,8,9);1-6H. The van der Waals surface area contributed by atoms with Crippen molar-refractivity contribution in [2.24, 2.45) is 0 Å². The Labute approximate surface area is 90.4 Å². The summed E-state index contributed by atoms with van der Waals surface area (Å²) in [7, 11) is 0. The van der Waals surface area contributed by atoms with E-state index in [1.54, 1.807) is 0 Å². The molecular formula is C12H18O3. The fraction of sp³-hybridized carbons (Fsp3) is 0.417. The van der Waals surface area contributed by atoms with Gasteiger partial charge in [0.15, 0.2) is 0 Å². The Hall–Kier alpha value is -1.35. The maximum absolute atomic E-state index is 9.90. The zero-order valence-corrected chi connectivity index (χ0v) is 8.80. The van der Waals surface area contributed by atoms with Gasteiger partial charge >= 0.3 is 5.97 Å². The molecule has 0 amide bonds. The summed E-state index contributed by atoms with van der Waals surface area (Å²) in [5.74, 6) is -0.757. The van der Waals surface area contributed by atoms with Gasteiger partial charge in [0.25, 0.3) is 0 Å². The molecule has 84 valence electrons. The molecule has 0 aromatic heterocycles. The van der Waals surface area contributed by atoms with E-state index in [0.717, 1.165) is 6.42 Å². The smallest absolute Gasteiger partial charge is 0.303 e. The minimum Gasteiger partial charge on any atom is -0.481 e. The molecule has 2 N–H and O–H groups in total. The molecule has 1 aromatic carbocycles. The average molecular weight is 210 g/mol. The predicted octanol–water partition coefficient (Wildman–Crippen LogP) is 2.31. The van der Waals surface area contributed by atoms with Crippen molar-refractivity contribution < 1.29 is 15.0 Å². The highest BCUT2D eigenvalue weighted by Crippen LogP contribution is 1.97. The second-order valence-corrected chi connectivity index (χ2v) is 3.08. The Morgan fingerprint density at radius 2 is 1.33 bits per heavy atom. The summed E-state index contributed by atoms with van der Waals surface area (Å²) in [6.07, 6.45) is 2.42. The van der Waals surface area contributed by atoms with Crippen LogP contribution in [0.3, 0.4) is 0 Å². The Kier molecular flexibility index (Phi) is 9.76. The second kappa shape index (κ2) is 10.7. The minimum absolute atomic E-state index is 0.166. The minimum atomic E-state index is -0.757. The lowest BCUT2D eigenvalue weighted by molar-refractivity contribution is -0.137. The molecule has 0 radical (unpaired) electrons. The molecule has 0 spiro atoms. The van der Waals surface area contributed by atoms with Crippen LogP contribution in [-0.4, -0.2) is 22.8 Å². The van der Waals surface area contributed by atoms with Gasteiger partial charge in [-0.3, -0.25) is 4.79 Å². The Balaban J connectivity index is 0.000000280. The van der Waals surface area contributed by atoms with Crippen LogP contribution in [0.2, 0.25) is 0 Å². The van der Waals surface area contributed by atoms with E-state index in [1.165, 1.54) is 0 Å². The lowest BCUT2D eigenvalue weighted by Gasteiger charge is -1.92. The van der Waals surface area contributed by atoms with Crippen molar-refractivity contribution in [1.82, 2.24) is 0 Å². The van der Waals surface area contributed by atoms with Crippen molar-refractivity contribution in [3.63, 3.8) is 0 Å². The number of hydrogen-bond acceptors (Lipinski definition) is 2. The topological polar surface area (TPSA) is 57.5 Å². The fourth-order valence-electron chi connectivity index (χ4n) is 0.950. The van der Waals surface area contributed by atoms with Crippen LogP contribution in [0.5, 0.6) is 0 Å². The molecule has 0 unspecified atom stereocenters. The van der Waals surface area contributed by atoms with Crippen LogP contribution in [0.25, 0.3) is 0 Å². The number of carboxylic acid groups (broad SMARTS) is 1. The maximum atomic E-state index is 9.90. The highest BCUT2D eigenvalue weighted by atomic mass is 16.4. The molecule has 0 bridgehead atoms. The Bertz CT molecular complexity index is 207. The SMILES string of the molecule is O=C(O)CCCCCO.c1ccccc1. The largest absolute Gasteiger partial charge is 0.481 e. The van der Waals surface area contributed by atoms with Crippen LogP contribution in [0.1, 0.15) is 25.7 Å². The van der Waals surface area contributed by atoms with E-state index in [1.807, 2.05) is 36.4 Å². The molecule has 15 heavy (non-hydrogen) atoms. The van der Waals surface area contributed by atoms with E-state index in [9.17, 15) is 4.79 Å². The molecule has 0 saturated carbocycles. The van der Waals surface area contributed by atoms with Gasteiger partial charge in [-0.15, -0.1) is 0 Å². The van der Waals surface area contributed by atoms with Crippen molar-refractivity contribution in [1.29, 1.82) is 0 Å². The summed E-state index contributed by atoms with van der Waals surface area (Å²) < 4.78 is 0. The van der Waals surface area contributed by atoms with Crippen LogP contribution in [0.4, 0.5) is 0 Å². The Morgan fingerprint density at radius 3 is 1.67 bits per heavy atom. The van der Waals surface area contributed by atoms with Crippen LogP contribution in [0.15, 0.2) is 36.4 Å². The molecule has 1 aromatic rings. The number of unbranched alkanes of at least 4 members (excludes halogenated alkanes) is 2. The van der Waals surface area contributed by atoms with Gasteiger partial charge in [-0.2, -0.15) is 0 Å². The highest BCUT2D eigenvalue weighted by Gasteiger charge is 1.94. The molecule has 0 aliphatic carbocycles. The zero-order valence-electron chi connectivity index (χ0n) is 8.80. The van der Waals surface area contributed by atoms with E-state index < -0.39 is 5.97 Å². The number of carbonyl (C=O) groups is 1. The molecule has 0 aliphatic rings. The first kappa shape index (κ1) is 13.7. The summed E-state index contributed by atoms with van der Waals surface area (Å²) in [5.41, 5.74) is 0. The third-order valence-corrected chi connectivity index (χ3v) is 1.72. The van der Waals surface area contributed by atoms with Gasteiger partial charge in [-0.25, -0.2) is 0 Å². The van der Waals surface area contributed by atoms with Crippen LogP contribution in [-0.2, 0) is 4.79 Å². The zero-order chi connectivity index (χ0) is 11.4. The van der Waals surface area contributed by atoms with E-state index in [-0.39, 0.29) is 13.0 Å². The summed E-state index contributed by atoms with van der Waals surface area (Å²) in [5, 5.41) is 16.4. The van der Waals surface area contributed by atoms with Crippen LogP contribution >= 0.6 is 0 Å². The lowest BCUT2D eigenvalue weighted by Crippen LogP contribution is -1.94. The number of benzene rings is 1. The molecule has 1 rings (SSSR count). The number of aliphatic hydroxyl groups is 1. The molecule has 0 heterocycles. The van der Waals surface area contributed by atoms with Gasteiger partial charge in [-0.1, -0.05) is 42.8 Å². The maximum Gasteiger partial charge on any atom is 0.303 e. The van der Waals surface area contributed by atoms with Crippen LogP contribution < -0.4 is 0 Å². The first-order valence-corrected chi connectivity index (χ1v) is 5.10. The van der Waals surface area contributed by atoms with Gasteiger partial charge in [0, 0.05) is 13.0 Å². The van der Waals surface area contributed by atoms with Gasteiger partial charge in [-0.05, 0) is 12.8 Å². The number of aliphatic carboxylic acids is 1. The van der Waals surface area contributed by atoms with E-state index in [0.29, 0.717) is 12.8 Å². The lowest BCUT2D eigenvalue weighted by atomic mass is 10.2. The van der Waals surface area contributed by atoms with Crippen molar-refractivity contribution >= 4 is 5.97 Å². The van der Waals surface area contributed by atoms with E-state index in [2.05, 4.69) is 0 Å². The number of rotatable bonds is 5. The molecule has 3 nitrogen and oxygen atoms in total. The summed E-state index contributed by atoms with van der Waals surface area (Å²) in [6.45, 7) is 0.166. The third kappa shape index (κ3) is 12.6. The molecular weight excluding hydrogens is 192 g/mol. The molecule has 0 saturated heterocycles. The summed E-state index contributed by atoms with van der Waals surface area (Å²) in [4.78, 5) is 9.90. The van der Waals surface area contributed by atoms with Gasteiger partial charge in [0.1, 0.15) is 0 Å². The van der Waals surface area contributed by atoms with Crippen molar-refractivity contribution in [3.8, 4) is 0 Å². The first-order chi connectivity index (χ1) is 7.27. The number of carboxylic acids is 1. The van der Waals surface area contributed by atoms with E-state index in [4.69, 9.17) is 10.2 Å². The molecule has 3 heteroatoms. The molecule has 0 fully saturated rings. The van der Waals surface area contributed by atoms with Gasteiger partial charge in [0.2, 0.25) is 0 Å².